The first-order valence-corrected chi connectivity index (χ1v) is 4.51. The van der Waals surface area contributed by atoms with E-state index in [0.29, 0.717) is 16.1 Å². The third kappa shape index (κ3) is 1.47. The summed E-state index contributed by atoms with van der Waals surface area (Å²) in [5, 5.41) is 0.892. The Morgan fingerprint density at radius 2 is 2.15 bits per heavy atom. The van der Waals surface area contributed by atoms with Crippen molar-refractivity contribution in [1.82, 2.24) is 15.0 Å². The fraction of sp³-hybridized carbons (Fsp3) is 0.125. The number of pyridine rings is 1. The van der Waals surface area contributed by atoms with Gasteiger partial charge in [-0.2, -0.15) is 0 Å². The van der Waals surface area contributed by atoms with Crippen LogP contribution in [0.1, 0.15) is 5.69 Å². The highest BCUT2D eigenvalue weighted by molar-refractivity contribution is 9.10. The molecule has 0 aliphatic rings. The lowest BCUT2D eigenvalue weighted by molar-refractivity contribution is 1.08. The first kappa shape index (κ1) is 8.37. The van der Waals surface area contributed by atoms with Crippen molar-refractivity contribution < 1.29 is 0 Å². The maximum atomic E-state index is 5.60. The number of anilines is 1. The molecule has 2 rings (SSSR count). The van der Waals surface area contributed by atoms with Gasteiger partial charge < -0.3 is 5.73 Å². The Hall–Kier alpha value is -1.23. The Bertz CT molecular complexity index is 469. The van der Waals surface area contributed by atoms with Crippen LogP contribution < -0.4 is 5.73 Å². The van der Waals surface area contributed by atoms with Crippen LogP contribution in [0.3, 0.4) is 0 Å². The van der Waals surface area contributed by atoms with E-state index in [2.05, 4.69) is 30.9 Å². The lowest BCUT2D eigenvalue weighted by Crippen LogP contribution is -1.94. The van der Waals surface area contributed by atoms with Crippen LogP contribution in [0.5, 0.6) is 0 Å². The Labute approximate surface area is 83.3 Å². The number of fused-ring (bicyclic) bond motifs is 1. The molecule has 66 valence electrons. The van der Waals surface area contributed by atoms with E-state index in [4.69, 9.17) is 5.73 Å². The maximum Gasteiger partial charge on any atom is 0.198 e. The van der Waals surface area contributed by atoms with Crippen LogP contribution in [-0.4, -0.2) is 15.0 Å². The van der Waals surface area contributed by atoms with Crippen molar-refractivity contribution in [2.45, 2.75) is 6.92 Å². The number of hydrogen-bond donors (Lipinski definition) is 1. The smallest absolute Gasteiger partial charge is 0.198 e. The van der Waals surface area contributed by atoms with E-state index >= 15 is 0 Å². The second-order valence-electron chi connectivity index (χ2n) is 2.72. The number of nitrogens with two attached hydrogens (primary N) is 1. The van der Waals surface area contributed by atoms with Gasteiger partial charge in [-0.05, 0) is 28.9 Å². The van der Waals surface area contributed by atoms with Crippen LogP contribution in [0.15, 0.2) is 17.0 Å². The van der Waals surface area contributed by atoms with Crippen LogP contribution in [0, 0.1) is 6.92 Å². The van der Waals surface area contributed by atoms with Crippen molar-refractivity contribution in [2.24, 2.45) is 0 Å². The molecule has 0 atom stereocenters. The number of hydrogen-bond acceptors (Lipinski definition) is 4. The third-order valence-electron chi connectivity index (χ3n) is 1.74. The van der Waals surface area contributed by atoms with E-state index < -0.39 is 0 Å². The van der Waals surface area contributed by atoms with Gasteiger partial charge in [0.1, 0.15) is 0 Å². The van der Waals surface area contributed by atoms with Gasteiger partial charge in [-0.25, -0.2) is 15.0 Å². The van der Waals surface area contributed by atoms with E-state index in [1.54, 1.807) is 6.20 Å². The van der Waals surface area contributed by atoms with Gasteiger partial charge in [-0.15, -0.1) is 0 Å². The normalized spacial score (nSPS) is 10.6. The zero-order valence-corrected chi connectivity index (χ0v) is 8.54. The molecule has 0 radical (unpaired) electrons. The van der Waals surface area contributed by atoms with Gasteiger partial charge in [0.25, 0.3) is 0 Å². The summed E-state index contributed by atoms with van der Waals surface area (Å²) in [7, 11) is 0. The summed E-state index contributed by atoms with van der Waals surface area (Å²) in [6.45, 7) is 1.90. The summed E-state index contributed by atoms with van der Waals surface area (Å²) in [4.78, 5) is 12.4. The summed E-state index contributed by atoms with van der Waals surface area (Å²) in [6.07, 6.45) is 1.58. The molecule has 0 aromatic carbocycles. The number of halogens is 1. The highest BCUT2D eigenvalue weighted by atomic mass is 79.9. The van der Waals surface area contributed by atoms with Gasteiger partial charge in [0.05, 0.1) is 17.6 Å². The van der Waals surface area contributed by atoms with Crippen LogP contribution in [-0.2, 0) is 0 Å². The van der Waals surface area contributed by atoms with Crippen LogP contribution in [0.2, 0.25) is 0 Å². The molecule has 2 aromatic rings. The lowest BCUT2D eigenvalue weighted by Gasteiger charge is -2.01. The van der Waals surface area contributed by atoms with Gasteiger partial charge in [0.15, 0.2) is 10.4 Å². The molecule has 2 heterocycles. The quantitative estimate of drug-likeness (QED) is 0.710. The molecule has 0 spiro atoms. The molecule has 0 aliphatic carbocycles. The Morgan fingerprint density at radius 3 is 2.92 bits per heavy atom. The second-order valence-corrected chi connectivity index (χ2v) is 3.43. The number of nitrogens with zero attached hydrogens (tertiary/aromatic N) is 3. The number of rotatable bonds is 0. The minimum absolute atomic E-state index is 0.551. The summed E-state index contributed by atoms with van der Waals surface area (Å²) >= 11 is 3.21. The topological polar surface area (TPSA) is 64.7 Å². The average Bonchev–Trinajstić information content (AvgIpc) is 2.06. The fourth-order valence-electron chi connectivity index (χ4n) is 1.14. The van der Waals surface area contributed by atoms with Gasteiger partial charge in [-0.1, -0.05) is 0 Å². The molecule has 5 heteroatoms. The summed E-state index contributed by atoms with van der Waals surface area (Å²) < 4.78 is 0.551. The third-order valence-corrected chi connectivity index (χ3v) is 2.09. The van der Waals surface area contributed by atoms with Crippen molar-refractivity contribution in [3.63, 3.8) is 0 Å². The predicted octanol–water partition coefficient (Wildman–Crippen LogP) is 1.68. The zero-order chi connectivity index (χ0) is 9.42. The molecule has 0 unspecified atom stereocenters. The summed E-state index contributed by atoms with van der Waals surface area (Å²) in [5.41, 5.74) is 7.76. The largest absolute Gasteiger partial charge is 0.397 e. The minimum Gasteiger partial charge on any atom is -0.397 e. The highest BCUT2D eigenvalue weighted by Gasteiger charge is 2.03. The summed E-state index contributed by atoms with van der Waals surface area (Å²) in [6, 6.07) is 1.82. The molecule has 2 aromatic heterocycles. The molecular formula is C8H7BrN4. The molecule has 0 saturated heterocycles. The van der Waals surface area contributed by atoms with Gasteiger partial charge in [0, 0.05) is 5.39 Å². The van der Waals surface area contributed by atoms with Gasteiger partial charge in [0.2, 0.25) is 0 Å². The first-order chi connectivity index (χ1) is 6.16. The molecule has 0 amide bonds. The van der Waals surface area contributed by atoms with E-state index in [9.17, 15) is 0 Å². The zero-order valence-electron chi connectivity index (χ0n) is 6.95. The number of aryl methyl sites for hydroxylation is 1. The summed E-state index contributed by atoms with van der Waals surface area (Å²) in [5.74, 6) is 0. The molecule has 0 saturated carbocycles. The van der Waals surface area contributed by atoms with Crippen LogP contribution in [0.4, 0.5) is 5.69 Å². The van der Waals surface area contributed by atoms with E-state index in [-0.39, 0.29) is 0 Å². The van der Waals surface area contributed by atoms with Crippen molar-refractivity contribution in [3.05, 3.63) is 22.7 Å². The van der Waals surface area contributed by atoms with Crippen LogP contribution in [0.25, 0.3) is 11.0 Å². The molecule has 2 N–H and O–H groups in total. The molecule has 13 heavy (non-hydrogen) atoms. The predicted molar refractivity (Wildman–Crippen MR) is 54.2 cm³/mol. The number of nitrogen functional groups attached to an aromatic ring is 1. The average molecular weight is 239 g/mol. The first-order valence-electron chi connectivity index (χ1n) is 3.72. The van der Waals surface area contributed by atoms with E-state index in [0.717, 1.165) is 11.1 Å². The van der Waals surface area contributed by atoms with Crippen molar-refractivity contribution in [3.8, 4) is 0 Å². The lowest BCUT2D eigenvalue weighted by atomic mass is 10.2. The fourth-order valence-corrected chi connectivity index (χ4v) is 1.57. The molecule has 0 fully saturated rings. The Balaban J connectivity index is 2.87. The SMILES string of the molecule is Cc1nc(Br)nc2ncc(N)cc12. The van der Waals surface area contributed by atoms with Crippen molar-refractivity contribution >= 4 is 32.7 Å². The minimum atomic E-state index is 0.551. The van der Waals surface area contributed by atoms with Crippen LogP contribution >= 0.6 is 15.9 Å². The Kier molecular flexibility index (Phi) is 1.88. The monoisotopic (exact) mass is 238 g/mol. The molecular weight excluding hydrogens is 232 g/mol. The van der Waals surface area contributed by atoms with Crippen molar-refractivity contribution in [2.75, 3.05) is 5.73 Å². The van der Waals surface area contributed by atoms with Gasteiger partial charge >= 0.3 is 0 Å². The highest BCUT2D eigenvalue weighted by Crippen LogP contribution is 2.17. The van der Waals surface area contributed by atoms with E-state index in [1.807, 2.05) is 13.0 Å². The number of aromatic nitrogens is 3. The standard InChI is InChI=1S/C8H7BrN4/c1-4-6-2-5(10)3-11-7(6)13-8(9)12-4/h2-3H,10H2,1H3. The van der Waals surface area contributed by atoms with Crippen molar-refractivity contribution in [1.29, 1.82) is 0 Å². The Morgan fingerprint density at radius 1 is 1.38 bits per heavy atom. The van der Waals surface area contributed by atoms with Gasteiger partial charge in [-0.3, -0.25) is 0 Å². The second kappa shape index (κ2) is 2.92. The molecule has 4 nitrogen and oxygen atoms in total. The van der Waals surface area contributed by atoms with E-state index in [1.165, 1.54) is 0 Å². The molecule has 0 bridgehead atoms. The molecule has 0 aliphatic heterocycles. The maximum absolute atomic E-state index is 5.60.